The van der Waals surface area contributed by atoms with Gasteiger partial charge in [0.2, 0.25) is 5.91 Å². The van der Waals surface area contributed by atoms with Crippen LogP contribution in [0, 0.1) is 0 Å². The molecule has 2 saturated heterocycles. The summed E-state index contributed by atoms with van der Waals surface area (Å²) in [5.41, 5.74) is 7.91. The average Bonchev–Trinajstić information content (AvgIpc) is 2.98. The predicted molar refractivity (Wildman–Crippen MR) is 145 cm³/mol. The number of anilines is 1. The van der Waals surface area contributed by atoms with Gasteiger partial charge in [0.15, 0.2) is 0 Å². The second-order valence-corrected chi connectivity index (χ2v) is 9.44. The molecule has 7 nitrogen and oxygen atoms in total. The van der Waals surface area contributed by atoms with Crippen LogP contribution in [0.25, 0.3) is 33.4 Å². The summed E-state index contributed by atoms with van der Waals surface area (Å²) in [5.74, 6) is 0.149. The first-order valence-electron chi connectivity index (χ1n) is 12.9. The van der Waals surface area contributed by atoms with E-state index in [0.717, 1.165) is 65.3 Å². The lowest BCUT2D eigenvalue weighted by Crippen LogP contribution is -2.41. The maximum Gasteiger partial charge on any atom is 0.227 e. The Morgan fingerprint density at radius 2 is 1.46 bits per heavy atom. The summed E-state index contributed by atoms with van der Waals surface area (Å²) in [6, 6.07) is 22.8. The molecule has 3 heterocycles. The van der Waals surface area contributed by atoms with Gasteiger partial charge < -0.3 is 19.3 Å². The van der Waals surface area contributed by atoms with Gasteiger partial charge in [-0.1, -0.05) is 48.5 Å². The Bertz CT molecular complexity index is 1380. The second-order valence-electron chi connectivity index (χ2n) is 9.44. The number of benzene rings is 3. The molecule has 0 saturated carbocycles. The highest BCUT2D eigenvalue weighted by Gasteiger charge is 2.17. The molecule has 0 unspecified atom stereocenters. The fourth-order valence-electron chi connectivity index (χ4n) is 4.97. The third kappa shape index (κ3) is 5.19. The smallest absolute Gasteiger partial charge is 0.227 e. The van der Waals surface area contributed by atoms with E-state index in [4.69, 9.17) is 19.4 Å². The molecule has 37 heavy (non-hydrogen) atoms. The summed E-state index contributed by atoms with van der Waals surface area (Å²) >= 11 is 0. The number of amides is 1. The quantitative estimate of drug-likeness (QED) is 0.414. The number of para-hydroxylation sites is 1. The number of morpholine rings is 2. The van der Waals surface area contributed by atoms with Crippen molar-refractivity contribution in [3.63, 3.8) is 0 Å². The number of hydrogen-bond donors (Lipinski definition) is 0. The maximum absolute atomic E-state index is 12.6. The highest BCUT2D eigenvalue weighted by Crippen LogP contribution is 2.29. The lowest BCUT2D eigenvalue weighted by atomic mass is 10.0. The fourth-order valence-corrected chi connectivity index (χ4v) is 4.97. The molecule has 4 aromatic rings. The van der Waals surface area contributed by atoms with Crippen LogP contribution in [0.15, 0.2) is 72.9 Å². The molecule has 188 valence electrons. The van der Waals surface area contributed by atoms with Crippen LogP contribution in [-0.2, 0) is 20.7 Å². The topological polar surface area (TPSA) is 67.8 Å². The number of ether oxygens (including phenoxy) is 2. The summed E-state index contributed by atoms with van der Waals surface area (Å²) in [6.45, 7) is 5.95. The van der Waals surface area contributed by atoms with E-state index in [1.165, 1.54) is 5.69 Å². The van der Waals surface area contributed by atoms with E-state index in [1.807, 2.05) is 35.4 Å². The van der Waals surface area contributed by atoms with Gasteiger partial charge in [-0.05, 0) is 29.3 Å². The van der Waals surface area contributed by atoms with Gasteiger partial charge in [0, 0.05) is 43.0 Å². The molecule has 6 rings (SSSR count). The van der Waals surface area contributed by atoms with Crippen molar-refractivity contribution in [2.45, 2.75) is 6.42 Å². The standard InChI is InChI=1S/C30H30N4O3/c35-29(34-14-18-37-19-15-34)20-22-4-6-23(7-5-22)26-2-1-3-27-30(26)32-28(21-31-27)24-8-10-25(11-9-24)33-12-16-36-17-13-33/h1-11,21H,12-20H2. The summed E-state index contributed by atoms with van der Waals surface area (Å²) in [7, 11) is 0. The number of carbonyl (C=O) groups is 1. The van der Waals surface area contributed by atoms with Crippen LogP contribution >= 0.6 is 0 Å². The Kier molecular flexibility index (Phi) is 6.80. The minimum absolute atomic E-state index is 0.149. The summed E-state index contributed by atoms with van der Waals surface area (Å²) in [4.78, 5) is 26.6. The number of nitrogens with zero attached hydrogens (tertiary/aromatic N) is 4. The number of carbonyl (C=O) groups excluding carboxylic acids is 1. The van der Waals surface area contributed by atoms with Crippen molar-refractivity contribution in [1.29, 1.82) is 0 Å². The van der Waals surface area contributed by atoms with Crippen molar-refractivity contribution in [2.24, 2.45) is 0 Å². The molecule has 3 aromatic carbocycles. The Morgan fingerprint density at radius 1 is 0.784 bits per heavy atom. The third-order valence-electron chi connectivity index (χ3n) is 7.10. The number of fused-ring (bicyclic) bond motifs is 1. The molecule has 7 heteroatoms. The Labute approximate surface area is 216 Å². The van der Waals surface area contributed by atoms with E-state index in [0.29, 0.717) is 32.7 Å². The summed E-state index contributed by atoms with van der Waals surface area (Å²) in [6.07, 6.45) is 2.25. The zero-order valence-electron chi connectivity index (χ0n) is 20.8. The molecule has 0 bridgehead atoms. The fraction of sp³-hybridized carbons (Fsp3) is 0.300. The van der Waals surface area contributed by atoms with E-state index >= 15 is 0 Å². The van der Waals surface area contributed by atoms with Crippen LogP contribution < -0.4 is 4.90 Å². The minimum Gasteiger partial charge on any atom is -0.378 e. The van der Waals surface area contributed by atoms with Crippen LogP contribution in [0.2, 0.25) is 0 Å². The van der Waals surface area contributed by atoms with E-state index in [2.05, 4.69) is 47.4 Å². The number of aromatic nitrogens is 2. The maximum atomic E-state index is 12.6. The van der Waals surface area contributed by atoms with Crippen LogP contribution in [-0.4, -0.2) is 73.4 Å². The first-order chi connectivity index (χ1) is 18.2. The first kappa shape index (κ1) is 23.6. The van der Waals surface area contributed by atoms with Crippen molar-refractivity contribution in [3.05, 3.63) is 78.5 Å². The molecule has 0 spiro atoms. The SMILES string of the molecule is O=C(Cc1ccc(-c2cccc3ncc(-c4ccc(N5CCOCC5)cc4)nc23)cc1)N1CCOCC1. The van der Waals surface area contributed by atoms with Crippen LogP contribution in [0.3, 0.4) is 0 Å². The van der Waals surface area contributed by atoms with E-state index in [9.17, 15) is 4.79 Å². The van der Waals surface area contributed by atoms with Gasteiger partial charge in [-0.25, -0.2) is 4.98 Å². The molecule has 0 atom stereocenters. The minimum atomic E-state index is 0.149. The van der Waals surface area contributed by atoms with Gasteiger partial charge in [-0.3, -0.25) is 9.78 Å². The van der Waals surface area contributed by atoms with Crippen molar-refractivity contribution in [1.82, 2.24) is 14.9 Å². The Balaban J connectivity index is 1.24. The second kappa shape index (κ2) is 10.7. The van der Waals surface area contributed by atoms with Crippen molar-refractivity contribution in [3.8, 4) is 22.4 Å². The lowest BCUT2D eigenvalue weighted by Gasteiger charge is -2.28. The normalized spacial score (nSPS) is 16.2. The van der Waals surface area contributed by atoms with E-state index in [1.54, 1.807) is 0 Å². The van der Waals surface area contributed by atoms with Crippen LogP contribution in [0.5, 0.6) is 0 Å². The van der Waals surface area contributed by atoms with Crippen LogP contribution in [0.1, 0.15) is 5.56 Å². The zero-order valence-corrected chi connectivity index (χ0v) is 20.8. The molecule has 2 aliphatic heterocycles. The third-order valence-corrected chi connectivity index (χ3v) is 7.10. The Morgan fingerprint density at radius 3 is 2.19 bits per heavy atom. The molecule has 1 aromatic heterocycles. The largest absolute Gasteiger partial charge is 0.378 e. The molecule has 0 N–H and O–H groups in total. The molecular weight excluding hydrogens is 464 g/mol. The number of hydrogen-bond acceptors (Lipinski definition) is 6. The molecule has 0 aliphatic carbocycles. The number of rotatable bonds is 5. The predicted octanol–water partition coefficient (Wildman–Crippen LogP) is 4.20. The summed E-state index contributed by atoms with van der Waals surface area (Å²) < 4.78 is 10.8. The van der Waals surface area contributed by atoms with Crippen molar-refractivity contribution < 1.29 is 14.3 Å². The zero-order chi connectivity index (χ0) is 25.0. The van der Waals surface area contributed by atoms with E-state index < -0.39 is 0 Å². The highest BCUT2D eigenvalue weighted by atomic mass is 16.5. The first-order valence-corrected chi connectivity index (χ1v) is 12.9. The summed E-state index contributed by atoms with van der Waals surface area (Å²) in [5, 5.41) is 0. The molecule has 1 amide bonds. The molecular formula is C30H30N4O3. The monoisotopic (exact) mass is 494 g/mol. The lowest BCUT2D eigenvalue weighted by molar-refractivity contribution is -0.134. The van der Waals surface area contributed by atoms with Gasteiger partial charge >= 0.3 is 0 Å². The molecule has 2 aliphatic rings. The molecule has 0 radical (unpaired) electrons. The van der Waals surface area contributed by atoms with E-state index in [-0.39, 0.29) is 5.91 Å². The Hall–Kier alpha value is -3.81. The van der Waals surface area contributed by atoms with Gasteiger partial charge in [-0.2, -0.15) is 0 Å². The van der Waals surface area contributed by atoms with Gasteiger partial charge in [-0.15, -0.1) is 0 Å². The van der Waals surface area contributed by atoms with Gasteiger partial charge in [0.05, 0.1) is 55.8 Å². The van der Waals surface area contributed by atoms with Crippen molar-refractivity contribution in [2.75, 3.05) is 57.5 Å². The van der Waals surface area contributed by atoms with Crippen LogP contribution in [0.4, 0.5) is 5.69 Å². The highest BCUT2D eigenvalue weighted by molar-refractivity contribution is 5.92. The molecule has 2 fully saturated rings. The van der Waals surface area contributed by atoms with Gasteiger partial charge in [0.1, 0.15) is 0 Å². The van der Waals surface area contributed by atoms with Gasteiger partial charge in [0.25, 0.3) is 0 Å². The van der Waals surface area contributed by atoms with Crippen molar-refractivity contribution >= 4 is 22.6 Å². The average molecular weight is 495 g/mol.